The largest absolute Gasteiger partial charge is 0.462 e. The number of ether oxygens (including phenoxy) is 4. The van der Waals surface area contributed by atoms with E-state index in [1.54, 1.807) is 6.08 Å². The predicted octanol–water partition coefficient (Wildman–Crippen LogP) is 9.89. The number of unbranched alkanes of at least 4 members (excludes halogenated alkanes) is 15. The third-order valence-electron chi connectivity index (χ3n) is 10.3. The molecule has 13 heteroatoms. The highest BCUT2D eigenvalue weighted by molar-refractivity contribution is 7.85. The van der Waals surface area contributed by atoms with E-state index in [1.165, 1.54) is 83.5 Å². The number of hydrogen-bond donors (Lipinski definition) is 4. The fraction of sp³-hybridized carbons (Fsp3) is 0.714. The van der Waals surface area contributed by atoms with Crippen LogP contribution in [0.15, 0.2) is 72.9 Å². The van der Waals surface area contributed by atoms with Crippen molar-refractivity contribution in [2.24, 2.45) is 0 Å². The van der Waals surface area contributed by atoms with Gasteiger partial charge >= 0.3 is 11.9 Å². The Bertz CT molecular complexity index is 1420. The van der Waals surface area contributed by atoms with Crippen molar-refractivity contribution in [2.45, 2.75) is 205 Å². The number of aliphatic hydroxyl groups is 3. The number of rotatable bonds is 38. The van der Waals surface area contributed by atoms with Crippen LogP contribution in [-0.2, 0) is 38.7 Å². The molecule has 1 saturated heterocycles. The minimum absolute atomic E-state index is 0.0709. The van der Waals surface area contributed by atoms with Crippen molar-refractivity contribution in [2.75, 3.05) is 19.0 Å². The summed E-state index contributed by atoms with van der Waals surface area (Å²) in [5.41, 5.74) is 0. The minimum atomic E-state index is -4.62. The van der Waals surface area contributed by atoms with Crippen LogP contribution in [0.4, 0.5) is 0 Å². The quantitative estimate of drug-likeness (QED) is 0.0199. The number of aliphatic hydroxyl groups excluding tert-OH is 3. The van der Waals surface area contributed by atoms with Crippen molar-refractivity contribution >= 4 is 22.1 Å². The minimum Gasteiger partial charge on any atom is -0.462 e. The Balaban J connectivity index is 2.47. The van der Waals surface area contributed by atoms with Crippen LogP contribution in [0.5, 0.6) is 0 Å². The Labute approximate surface area is 374 Å². The van der Waals surface area contributed by atoms with Gasteiger partial charge in [0.05, 0.1) is 13.0 Å². The van der Waals surface area contributed by atoms with E-state index in [4.69, 9.17) is 18.9 Å². The molecule has 4 N–H and O–H groups in total. The van der Waals surface area contributed by atoms with Gasteiger partial charge in [-0.1, -0.05) is 164 Å². The van der Waals surface area contributed by atoms with Gasteiger partial charge in [0.1, 0.15) is 36.8 Å². The zero-order chi connectivity index (χ0) is 45.5. The zero-order valence-electron chi connectivity index (χ0n) is 37.9. The van der Waals surface area contributed by atoms with E-state index in [0.717, 1.165) is 44.9 Å². The lowest BCUT2D eigenvalue weighted by Crippen LogP contribution is -2.60. The Hall–Kier alpha value is -2.91. The van der Waals surface area contributed by atoms with Crippen LogP contribution in [0.2, 0.25) is 0 Å². The lowest BCUT2D eigenvalue weighted by atomic mass is 10.00. The van der Waals surface area contributed by atoms with E-state index in [1.807, 2.05) is 18.2 Å². The lowest BCUT2D eigenvalue weighted by molar-refractivity contribution is -0.297. The fourth-order valence-corrected chi connectivity index (χ4v) is 7.38. The average Bonchev–Trinajstić information content (AvgIpc) is 3.24. The van der Waals surface area contributed by atoms with E-state index in [9.17, 15) is 37.9 Å². The molecule has 0 aromatic carbocycles. The molecule has 0 radical (unpaired) electrons. The van der Waals surface area contributed by atoms with Crippen LogP contribution >= 0.6 is 0 Å². The number of esters is 2. The third-order valence-corrected chi connectivity index (χ3v) is 11.1. The second-order valence-electron chi connectivity index (χ2n) is 16.1. The van der Waals surface area contributed by atoms with Crippen molar-refractivity contribution in [3.63, 3.8) is 0 Å². The van der Waals surface area contributed by atoms with Crippen molar-refractivity contribution in [3.8, 4) is 0 Å². The van der Waals surface area contributed by atoms with Crippen LogP contribution in [0.1, 0.15) is 168 Å². The molecular weight excluding hydrogens is 813 g/mol. The molecule has 1 aliphatic rings. The number of hydrogen-bond acceptors (Lipinski definition) is 11. The van der Waals surface area contributed by atoms with Crippen molar-refractivity contribution in [1.82, 2.24) is 0 Å². The summed E-state index contributed by atoms with van der Waals surface area (Å²) in [5.74, 6) is -2.15. The van der Waals surface area contributed by atoms with Crippen molar-refractivity contribution in [3.05, 3.63) is 72.9 Å². The lowest BCUT2D eigenvalue weighted by Gasteiger charge is -2.40. The Kier molecular flexibility index (Phi) is 35.5. The molecule has 0 bridgehead atoms. The highest BCUT2D eigenvalue weighted by Gasteiger charge is 2.46. The van der Waals surface area contributed by atoms with Gasteiger partial charge in [0.15, 0.2) is 12.4 Å². The molecule has 12 nitrogen and oxygen atoms in total. The van der Waals surface area contributed by atoms with Crippen molar-refractivity contribution in [1.29, 1.82) is 0 Å². The monoisotopic (exact) mass is 895 g/mol. The molecule has 0 spiro atoms. The first-order valence-corrected chi connectivity index (χ1v) is 25.1. The fourth-order valence-electron chi connectivity index (χ4n) is 6.69. The van der Waals surface area contributed by atoms with Gasteiger partial charge in [0.2, 0.25) is 0 Å². The zero-order valence-corrected chi connectivity index (χ0v) is 38.8. The molecule has 6 atom stereocenters. The van der Waals surface area contributed by atoms with Crippen LogP contribution in [0.3, 0.4) is 0 Å². The molecule has 1 aliphatic heterocycles. The Morgan fingerprint density at radius 2 is 1.06 bits per heavy atom. The Morgan fingerprint density at radius 1 is 0.581 bits per heavy atom. The van der Waals surface area contributed by atoms with Gasteiger partial charge in [-0.25, -0.2) is 0 Å². The first-order valence-electron chi connectivity index (χ1n) is 23.5. The van der Waals surface area contributed by atoms with Crippen molar-refractivity contribution < 1.29 is 56.8 Å². The molecule has 6 unspecified atom stereocenters. The molecule has 1 fully saturated rings. The summed E-state index contributed by atoms with van der Waals surface area (Å²) in [6, 6.07) is 0. The summed E-state index contributed by atoms with van der Waals surface area (Å²) < 4.78 is 54.0. The summed E-state index contributed by atoms with van der Waals surface area (Å²) in [5, 5.41) is 30.9. The summed E-state index contributed by atoms with van der Waals surface area (Å²) in [4.78, 5) is 25.4. The van der Waals surface area contributed by atoms with E-state index < -0.39 is 71.2 Å². The first kappa shape index (κ1) is 57.1. The van der Waals surface area contributed by atoms with Gasteiger partial charge < -0.3 is 34.3 Å². The average molecular weight is 895 g/mol. The number of carbonyl (C=O) groups excluding carboxylic acids is 2. The molecule has 356 valence electrons. The molecule has 1 rings (SSSR count). The highest BCUT2D eigenvalue weighted by Crippen LogP contribution is 2.24. The molecule has 0 saturated carbocycles. The van der Waals surface area contributed by atoms with E-state index in [0.29, 0.717) is 12.8 Å². The predicted molar refractivity (Wildman–Crippen MR) is 247 cm³/mol. The second kappa shape index (κ2) is 38.5. The summed E-state index contributed by atoms with van der Waals surface area (Å²) in [6.45, 7) is 3.55. The summed E-state index contributed by atoms with van der Waals surface area (Å²) in [7, 11) is -4.62. The second-order valence-corrected chi connectivity index (χ2v) is 17.5. The molecule has 1 heterocycles. The van der Waals surface area contributed by atoms with Gasteiger partial charge in [-0.05, 0) is 64.2 Å². The van der Waals surface area contributed by atoms with Crippen LogP contribution in [-0.4, -0.2) is 96.0 Å². The molecule has 0 amide bonds. The van der Waals surface area contributed by atoms with Gasteiger partial charge in [-0.2, -0.15) is 8.42 Å². The molecular formula is C49H82O12S. The van der Waals surface area contributed by atoms with E-state index in [2.05, 4.69) is 62.5 Å². The SMILES string of the molecule is CC/C=C\C/C=C\C/C=C\C/C=C\C/C=C\CC(=O)OC(COC(=O)CCCCCCCCCCC/C=C\CCCCCCCC)COC1OC(CS(=O)(=O)O)C(O)C(O)C1O. The van der Waals surface area contributed by atoms with E-state index in [-0.39, 0.29) is 19.4 Å². The van der Waals surface area contributed by atoms with Gasteiger partial charge in [-0.3, -0.25) is 14.1 Å². The number of carbonyl (C=O) groups is 2. The highest BCUT2D eigenvalue weighted by atomic mass is 32.2. The summed E-state index contributed by atoms with van der Waals surface area (Å²) >= 11 is 0. The maximum atomic E-state index is 12.8. The van der Waals surface area contributed by atoms with Gasteiger partial charge in [0, 0.05) is 6.42 Å². The maximum Gasteiger partial charge on any atom is 0.310 e. The maximum absolute atomic E-state index is 12.8. The smallest absolute Gasteiger partial charge is 0.310 e. The molecule has 0 aliphatic carbocycles. The molecule has 62 heavy (non-hydrogen) atoms. The van der Waals surface area contributed by atoms with E-state index >= 15 is 0 Å². The molecule has 0 aromatic heterocycles. The van der Waals surface area contributed by atoms with Crippen LogP contribution < -0.4 is 0 Å². The van der Waals surface area contributed by atoms with Gasteiger partial charge in [0.25, 0.3) is 10.1 Å². The standard InChI is InChI=1S/C49H82O12S/c1-3-5-7-9-11-13-15-17-19-20-21-22-24-25-27-29-31-33-35-37-44(50)58-39-42(40-59-49-48(54)47(53)46(52)43(61-49)41-62(55,56)57)60-45(51)38-36-34-32-30-28-26-23-18-16-14-12-10-8-6-4-2/h6,8,12,14,17-19,23,28,30,34,36,42-43,46-49,52-54H,3-5,7,9-11,13,15-16,20-22,24-27,29,31-33,35,37-41H2,1-2H3,(H,55,56,57)/b8-6-,14-12-,19-17-,23-18-,30-28-,36-34-. The van der Waals surface area contributed by atoms with Crippen LogP contribution in [0.25, 0.3) is 0 Å². The van der Waals surface area contributed by atoms with Crippen LogP contribution in [0, 0.1) is 0 Å². The third kappa shape index (κ3) is 32.7. The Morgan fingerprint density at radius 3 is 1.58 bits per heavy atom. The topological polar surface area (TPSA) is 186 Å². The summed E-state index contributed by atoms with van der Waals surface area (Å²) in [6.07, 6.45) is 39.8. The van der Waals surface area contributed by atoms with Gasteiger partial charge in [-0.15, -0.1) is 0 Å². The normalized spacial score (nSPS) is 20.5. The number of allylic oxidation sites excluding steroid dienone is 11. The molecule has 0 aromatic rings. The first-order chi connectivity index (χ1) is 30.0.